The van der Waals surface area contributed by atoms with E-state index in [4.69, 9.17) is 4.74 Å². The summed E-state index contributed by atoms with van der Waals surface area (Å²) in [5, 5.41) is 7.53. The number of halogens is 1. The van der Waals surface area contributed by atoms with Crippen molar-refractivity contribution in [1.82, 2.24) is 15.1 Å². The highest BCUT2D eigenvalue weighted by molar-refractivity contribution is 5.94. The molecule has 1 amide bonds. The first-order valence-electron chi connectivity index (χ1n) is 9.43. The van der Waals surface area contributed by atoms with Gasteiger partial charge in [-0.05, 0) is 29.7 Å². The van der Waals surface area contributed by atoms with Crippen molar-refractivity contribution in [3.05, 3.63) is 88.5 Å². The van der Waals surface area contributed by atoms with Gasteiger partial charge < -0.3 is 10.1 Å². The number of hydrogen-bond acceptors (Lipinski definition) is 3. The van der Waals surface area contributed by atoms with Gasteiger partial charge in [-0.25, -0.2) is 4.39 Å². The monoisotopic (exact) mass is 379 g/mol. The predicted molar refractivity (Wildman–Crippen MR) is 104 cm³/mol. The minimum atomic E-state index is -0.266. The van der Waals surface area contributed by atoms with E-state index in [1.54, 1.807) is 12.1 Å². The fourth-order valence-corrected chi connectivity index (χ4v) is 3.43. The first-order chi connectivity index (χ1) is 13.7. The summed E-state index contributed by atoms with van der Waals surface area (Å²) in [7, 11) is 0. The third-order valence-electron chi connectivity index (χ3n) is 4.90. The number of nitrogens with zero attached hydrogens (tertiary/aromatic N) is 2. The Balaban J connectivity index is 1.49. The van der Waals surface area contributed by atoms with Gasteiger partial charge in [0.15, 0.2) is 5.69 Å². The summed E-state index contributed by atoms with van der Waals surface area (Å²) < 4.78 is 20.6. The smallest absolute Gasteiger partial charge is 0.272 e. The number of ether oxygens (including phenoxy) is 1. The number of amides is 1. The van der Waals surface area contributed by atoms with Crippen molar-refractivity contribution in [1.29, 1.82) is 0 Å². The quantitative estimate of drug-likeness (QED) is 0.716. The lowest BCUT2D eigenvalue weighted by molar-refractivity contribution is 0.0925. The summed E-state index contributed by atoms with van der Waals surface area (Å²) in [6.45, 7) is 2.04. The zero-order valence-corrected chi connectivity index (χ0v) is 15.5. The van der Waals surface area contributed by atoms with Gasteiger partial charge in [0.2, 0.25) is 0 Å². The molecule has 0 aliphatic carbocycles. The average molecular weight is 379 g/mol. The van der Waals surface area contributed by atoms with Crippen LogP contribution >= 0.6 is 0 Å². The summed E-state index contributed by atoms with van der Waals surface area (Å²) in [4.78, 5) is 12.7. The molecule has 0 fully saturated rings. The van der Waals surface area contributed by atoms with Crippen molar-refractivity contribution < 1.29 is 13.9 Å². The van der Waals surface area contributed by atoms with Crippen molar-refractivity contribution in [3.63, 3.8) is 0 Å². The van der Waals surface area contributed by atoms with Crippen LogP contribution in [0.5, 0.6) is 0 Å². The van der Waals surface area contributed by atoms with Gasteiger partial charge in [-0.1, -0.05) is 42.5 Å². The van der Waals surface area contributed by atoms with E-state index in [9.17, 15) is 9.18 Å². The molecule has 0 atom stereocenters. The van der Waals surface area contributed by atoms with Crippen LogP contribution in [-0.2, 0) is 30.7 Å². The van der Waals surface area contributed by atoms with Gasteiger partial charge in [-0.3, -0.25) is 9.48 Å². The zero-order valence-electron chi connectivity index (χ0n) is 15.5. The van der Waals surface area contributed by atoms with Crippen LogP contribution in [0, 0.1) is 5.82 Å². The Bertz CT molecular complexity index is 952. The van der Waals surface area contributed by atoms with Gasteiger partial charge in [-0.15, -0.1) is 0 Å². The molecule has 0 unspecified atom stereocenters. The second kappa shape index (κ2) is 8.35. The van der Waals surface area contributed by atoms with E-state index in [1.165, 1.54) is 17.7 Å². The molecule has 28 heavy (non-hydrogen) atoms. The average Bonchev–Trinajstić information content (AvgIpc) is 3.09. The lowest BCUT2D eigenvalue weighted by Crippen LogP contribution is -2.27. The van der Waals surface area contributed by atoms with Crippen LogP contribution < -0.4 is 5.32 Å². The molecule has 6 heteroatoms. The van der Waals surface area contributed by atoms with Crippen molar-refractivity contribution in [2.24, 2.45) is 0 Å². The van der Waals surface area contributed by atoms with Gasteiger partial charge >= 0.3 is 0 Å². The summed E-state index contributed by atoms with van der Waals surface area (Å²) in [6.07, 6.45) is 1.47. The molecule has 1 aliphatic heterocycles. The number of hydrogen-bond donors (Lipinski definition) is 1. The molecule has 2 heterocycles. The van der Waals surface area contributed by atoms with E-state index in [2.05, 4.69) is 10.4 Å². The van der Waals surface area contributed by atoms with Gasteiger partial charge in [0.25, 0.3) is 5.91 Å². The molecule has 3 aromatic rings. The molecule has 144 valence electrons. The number of aromatic nitrogens is 2. The van der Waals surface area contributed by atoms with Gasteiger partial charge in [-0.2, -0.15) is 5.10 Å². The maximum absolute atomic E-state index is 13.2. The topological polar surface area (TPSA) is 56.2 Å². The largest absolute Gasteiger partial charge is 0.376 e. The number of fused-ring (bicyclic) bond motifs is 1. The Labute approximate surface area is 163 Å². The highest BCUT2D eigenvalue weighted by Gasteiger charge is 2.25. The van der Waals surface area contributed by atoms with Gasteiger partial charge in [0.1, 0.15) is 5.82 Å². The summed E-state index contributed by atoms with van der Waals surface area (Å²) in [5.41, 5.74) is 4.41. The first-order valence-corrected chi connectivity index (χ1v) is 9.43. The number of carbonyl (C=O) groups excluding carboxylic acids is 1. The van der Waals surface area contributed by atoms with Gasteiger partial charge in [0.05, 0.1) is 19.8 Å². The minimum Gasteiger partial charge on any atom is -0.376 e. The van der Waals surface area contributed by atoms with Crippen molar-refractivity contribution in [2.45, 2.75) is 26.0 Å². The zero-order chi connectivity index (χ0) is 19.3. The van der Waals surface area contributed by atoms with E-state index in [0.717, 1.165) is 23.2 Å². The highest BCUT2D eigenvalue weighted by atomic mass is 19.1. The van der Waals surface area contributed by atoms with Crippen LogP contribution in [0.3, 0.4) is 0 Å². The van der Waals surface area contributed by atoms with E-state index < -0.39 is 0 Å². The van der Waals surface area contributed by atoms with Crippen molar-refractivity contribution >= 4 is 5.91 Å². The van der Waals surface area contributed by atoms with Crippen LogP contribution in [0.1, 0.15) is 32.9 Å². The molecule has 1 N–H and O–H groups in total. The molecule has 1 aliphatic rings. The van der Waals surface area contributed by atoms with E-state index >= 15 is 0 Å². The Hall–Kier alpha value is -2.99. The fourth-order valence-electron chi connectivity index (χ4n) is 3.43. The predicted octanol–water partition coefficient (Wildman–Crippen LogP) is 3.12. The Morgan fingerprint density at radius 3 is 2.68 bits per heavy atom. The molecule has 4 rings (SSSR count). The number of carbonyl (C=O) groups is 1. The van der Waals surface area contributed by atoms with Crippen LogP contribution in [0.2, 0.25) is 0 Å². The van der Waals surface area contributed by atoms with E-state index in [0.29, 0.717) is 38.4 Å². The molecule has 0 bridgehead atoms. The van der Waals surface area contributed by atoms with Crippen LogP contribution in [0.15, 0.2) is 54.6 Å². The van der Waals surface area contributed by atoms with Crippen molar-refractivity contribution in [3.8, 4) is 0 Å². The summed E-state index contributed by atoms with van der Waals surface area (Å²) in [6, 6.07) is 16.4. The lowest BCUT2D eigenvalue weighted by atomic mass is 10.1. The van der Waals surface area contributed by atoms with Crippen molar-refractivity contribution in [2.75, 3.05) is 13.2 Å². The number of benzene rings is 2. The third-order valence-corrected chi connectivity index (χ3v) is 4.90. The van der Waals surface area contributed by atoms with Crippen LogP contribution in [0.25, 0.3) is 0 Å². The minimum absolute atomic E-state index is 0.185. The second-order valence-electron chi connectivity index (χ2n) is 6.85. The first kappa shape index (κ1) is 18.4. The maximum Gasteiger partial charge on any atom is 0.272 e. The Kier molecular flexibility index (Phi) is 5.48. The molecular formula is C22H22FN3O2. The van der Waals surface area contributed by atoms with E-state index in [1.807, 2.05) is 35.0 Å². The lowest BCUT2D eigenvalue weighted by Gasteiger charge is -2.15. The molecule has 0 saturated heterocycles. The summed E-state index contributed by atoms with van der Waals surface area (Å²) >= 11 is 0. The standard InChI is InChI=1S/C22H22FN3O2/c23-18-8-6-17(7-9-18)14-26-20-11-13-28-15-19(20)21(25-26)22(27)24-12-10-16-4-2-1-3-5-16/h1-9H,10-15H2,(H,24,27). The SMILES string of the molecule is O=C(NCCc1ccccc1)c1nn(Cc2ccc(F)cc2)c2c1COCC2. The van der Waals surface area contributed by atoms with Crippen LogP contribution in [0.4, 0.5) is 4.39 Å². The highest BCUT2D eigenvalue weighted by Crippen LogP contribution is 2.22. The normalized spacial score (nSPS) is 13.2. The van der Waals surface area contributed by atoms with E-state index in [-0.39, 0.29) is 11.7 Å². The molecular weight excluding hydrogens is 357 g/mol. The van der Waals surface area contributed by atoms with Crippen LogP contribution in [-0.4, -0.2) is 28.8 Å². The fraction of sp³-hybridized carbons (Fsp3) is 0.273. The number of nitrogens with one attached hydrogen (secondary N) is 1. The Morgan fingerprint density at radius 1 is 1.11 bits per heavy atom. The maximum atomic E-state index is 13.2. The molecule has 2 aromatic carbocycles. The molecule has 0 saturated carbocycles. The molecule has 0 radical (unpaired) electrons. The van der Waals surface area contributed by atoms with Gasteiger partial charge in [0, 0.05) is 24.2 Å². The second-order valence-corrected chi connectivity index (χ2v) is 6.85. The third kappa shape index (κ3) is 4.12. The summed E-state index contributed by atoms with van der Waals surface area (Å²) in [5.74, 6) is -0.450. The Morgan fingerprint density at radius 2 is 1.89 bits per heavy atom. The molecule has 0 spiro atoms. The molecule has 5 nitrogen and oxygen atoms in total. The number of rotatable bonds is 6. The molecule has 1 aromatic heterocycles.